The van der Waals surface area contributed by atoms with E-state index in [1.165, 1.54) is 9.88 Å². The Morgan fingerprint density at radius 3 is 2.36 bits per heavy atom. The molecule has 0 saturated carbocycles. The summed E-state index contributed by atoms with van der Waals surface area (Å²) in [5.41, 5.74) is 3.94. The van der Waals surface area contributed by atoms with Crippen molar-refractivity contribution in [3.63, 3.8) is 0 Å². The summed E-state index contributed by atoms with van der Waals surface area (Å²) in [5, 5.41) is 0. The first-order valence-corrected chi connectivity index (χ1v) is 8.78. The van der Waals surface area contributed by atoms with Crippen molar-refractivity contribution >= 4 is 21.8 Å². The first-order chi connectivity index (χ1) is 10.5. The monoisotopic (exact) mass is 313 g/mol. The van der Waals surface area contributed by atoms with Crippen LogP contribution in [0.3, 0.4) is 0 Å². The van der Waals surface area contributed by atoms with Gasteiger partial charge in [-0.05, 0) is 44.0 Å². The quantitative estimate of drug-likeness (QED) is 0.840. The number of benzene rings is 2. The van der Waals surface area contributed by atoms with Gasteiger partial charge in [0.25, 0.3) is 10.0 Å². The molecule has 3 nitrogen and oxygen atoms in total. The molecule has 0 amide bonds. The zero-order chi connectivity index (χ0) is 15.7. The maximum atomic E-state index is 13.0. The average Bonchev–Trinajstić information content (AvgIpc) is 2.66. The van der Waals surface area contributed by atoms with Crippen LogP contribution in [0.25, 0.3) is 6.08 Å². The van der Waals surface area contributed by atoms with E-state index < -0.39 is 10.0 Å². The molecule has 0 aromatic heterocycles. The van der Waals surface area contributed by atoms with Crippen molar-refractivity contribution < 1.29 is 8.42 Å². The summed E-state index contributed by atoms with van der Waals surface area (Å²) in [6.45, 7) is 4.46. The lowest BCUT2D eigenvalue weighted by Gasteiger charge is -2.24. The predicted octanol–water partition coefficient (Wildman–Crippen LogP) is 4.00. The van der Waals surface area contributed by atoms with E-state index in [1.807, 2.05) is 50.2 Å². The lowest BCUT2D eigenvalue weighted by atomic mass is 10.1. The Kier molecular flexibility index (Phi) is 3.79. The minimum Gasteiger partial charge on any atom is -0.265 e. The summed E-state index contributed by atoms with van der Waals surface area (Å²) in [6, 6.07) is 14.7. The SMILES string of the molecule is CC1=Cc2ccccc2N(S(=O)(=O)c2ccc(C)cc2)CC1. The fourth-order valence-corrected chi connectivity index (χ4v) is 4.15. The van der Waals surface area contributed by atoms with Gasteiger partial charge in [-0.1, -0.05) is 47.5 Å². The predicted molar refractivity (Wildman–Crippen MR) is 90.4 cm³/mol. The molecule has 3 rings (SSSR count). The largest absolute Gasteiger partial charge is 0.265 e. The molecule has 0 spiro atoms. The Hall–Kier alpha value is -2.07. The highest BCUT2D eigenvalue weighted by molar-refractivity contribution is 7.92. The van der Waals surface area contributed by atoms with E-state index in [0.717, 1.165) is 23.2 Å². The fourth-order valence-electron chi connectivity index (χ4n) is 2.66. The molecule has 0 N–H and O–H groups in total. The van der Waals surface area contributed by atoms with Gasteiger partial charge < -0.3 is 0 Å². The van der Waals surface area contributed by atoms with Crippen LogP contribution in [-0.4, -0.2) is 15.0 Å². The van der Waals surface area contributed by atoms with Gasteiger partial charge in [0.2, 0.25) is 0 Å². The highest BCUT2D eigenvalue weighted by atomic mass is 32.2. The number of para-hydroxylation sites is 1. The second-order valence-corrected chi connectivity index (χ2v) is 7.55. The molecule has 0 unspecified atom stereocenters. The Labute approximate surface area is 132 Å². The van der Waals surface area contributed by atoms with Gasteiger partial charge in [-0.15, -0.1) is 0 Å². The van der Waals surface area contributed by atoms with Crippen molar-refractivity contribution in [2.45, 2.75) is 25.2 Å². The molecule has 22 heavy (non-hydrogen) atoms. The zero-order valence-electron chi connectivity index (χ0n) is 12.8. The number of rotatable bonds is 2. The van der Waals surface area contributed by atoms with Gasteiger partial charge in [0.1, 0.15) is 0 Å². The molecule has 2 aromatic rings. The van der Waals surface area contributed by atoms with Gasteiger partial charge in [0.15, 0.2) is 0 Å². The van der Waals surface area contributed by atoms with E-state index in [2.05, 4.69) is 6.08 Å². The average molecular weight is 313 g/mol. The molecule has 0 bridgehead atoms. The summed E-state index contributed by atoms with van der Waals surface area (Å²) in [7, 11) is -3.54. The van der Waals surface area contributed by atoms with Crippen molar-refractivity contribution in [1.29, 1.82) is 0 Å². The highest BCUT2D eigenvalue weighted by Crippen LogP contribution is 2.32. The first kappa shape index (κ1) is 14.9. The number of fused-ring (bicyclic) bond motifs is 1. The van der Waals surface area contributed by atoms with Gasteiger partial charge in [-0.3, -0.25) is 4.31 Å². The van der Waals surface area contributed by atoms with Crippen LogP contribution >= 0.6 is 0 Å². The van der Waals surface area contributed by atoms with Crippen LogP contribution in [0.1, 0.15) is 24.5 Å². The third-order valence-corrected chi connectivity index (χ3v) is 5.75. The molecule has 0 radical (unpaired) electrons. The summed E-state index contributed by atoms with van der Waals surface area (Å²) < 4.78 is 27.6. The van der Waals surface area contributed by atoms with Gasteiger partial charge in [0, 0.05) is 6.54 Å². The normalized spacial score (nSPS) is 15.0. The molecular weight excluding hydrogens is 294 g/mol. The molecule has 2 aromatic carbocycles. The Morgan fingerprint density at radius 1 is 0.955 bits per heavy atom. The van der Waals surface area contributed by atoms with E-state index in [4.69, 9.17) is 0 Å². The van der Waals surface area contributed by atoms with Crippen LogP contribution in [0.5, 0.6) is 0 Å². The molecule has 0 atom stereocenters. The number of sulfonamides is 1. The van der Waals surface area contributed by atoms with Crippen LogP contribution in [0, 0.1) is 6.92 Å². The maximum absolute atomic E-state index is 13.0. The molecule has 1 aliphatic rings. The van der Waals surface area contributed by atoms with Gasteiger partial charge >= 0.3 is 0 Å². The van der Waals surface area contributed by atoms with Crippen LogP contribution < -0.4 is 4.31 Å². The molecule has 0 aliphatic carbocycles. The van der Waals surface area contributed by atoms with E-state index in [9.17, 15) is 8.42 Å². The van der Waals surface area contributed by atoms with Gasteiger partial charge in [0.05, 0.1) is 10.6 Å². The van der Waals surface area contributed by atoms with Crippen molar-refractivity contribution in [1.82, 2.24) is 0 Å². The third-order valence-electron chi connectivity index (χ3n) is 3.93. The van der Waals surface area contributed by atoms with Crippen LogP contribution in [0.2, 0.25) is 0 Å². The summed E-state index contributed by atoms with van der Waals surface area (Å²) >= 11 is 0. The summed E-state index contributed by atoms with van der Waals surface area (Å²) in [4.78, 5) is 0.340. The molecule has 1 aliphatic heterocycles. The minimum absolute atomic E-state index is 0.340. The number of nitrogens with zero attached hydrogens (tertiary/aromatic N) is 1. The zero-order valence-corrected chi connectivity index (χ0v) is 13.6. The lowest BCUT2D eigenvalue weighted by molar-refractivity contribution is 0.590. The van der Waals surface area contributed by atoms with Crippen molar-refractivity contribution in [2.24, 2.45) is 0 Å². The van der Waals surface area contributed by atoms with E-state index in [1.54, 1.807) is 12.1 Å². The molecule has 0 saturated heterocycles. The van der Waals surface area contributed by atoms with Crippen LogP contribution in [0.4, 0.5) is 5.69 Å². The van der Waals surface area contributed by atoms with Crippen LogP contribution in [0.15, 0.2) is 59.0 Å². The molecule has 0 fully saturated rings. The minimum atomic E-state index is -3.54. The molecular formula is C18H19NO2S. The Morgan fingerprint density at radius 2 is 1.64 bits per heavy atom. The maximum Gasteiger partial charge on any atom is 0.264 e. The molecule has 4 heteroatoms. The van der Waals surface area contributed by atoms with E-state index in [0.29, 0.717) is 11.4 Å². The highest BCUT2D eigenvalue weighted by Gasteiger charge is 2.27. The first-order valence-electron chi connectivity index (χ1n) is 7.34. The Balaban J connectivity index is 2.11. The Bertz CT molecular complexity index is 820. The van der Waals surface area contributed by atoms with E-state index in [-0.39, 0.29) is 0 Å². The second kappa shape index (κ2) is 5.61. The van der Waals surface area contributed by atoms with Crippen molar-refractivity contribution in [3.05, 3.63) is 65.2 Å². The van der Waals surface area contributed by atoms with Crippen molar-refractivity contribution in [3.8, 4) is 0 Å². The standard InChI is InChI=1S/C18H19NO2S/c1-14-7-9-17(10-8-14)22(20,21)19-12-11-15(2)13-16-5-3-4-6-18(16)19/h3-10,13H,11-12H2,1-2H3. The number of anilines is 1. The topological polar surface area (TPSA) is 37.4 Å². The lowest BCUT2D eigenvalue weighted by Crippen LogP contribution is -2.32. The number of aryl methyl sites for hydroxylation is 1. The number of hydrogen-bond donors (Lipinski definition) is 0. The number of hydrogen-bond acceptors (Lipinski definition) is 2. The molecule has 1 heterocycles. The van der Waals surface area contributed by atoms with Gasteiger partial charge in [-0.2, -0.15) is 0 Å². The summed E-state index contributed by atoms with van der Waals surface area (Å²) in [5.74, 6) is 0. The fraction of sp³-hybridized carbons (Fsp3) is 0.222. The smallest absolute Gasteiger partial charge is 0.264 e. The van der Waals surface area contributed by atoms with Gasteiger partial charge in [-0.25, -0.2) is 8.42 Å². The molecule has 114 valence electrons. The van der Waals surface area contributed by atoms with Crippen LogP contribution in [-0.2, 0) is 10.0 Å². The third kappa shape index (κ3) is 2.66. The van der Waals surface area contributed by atoms with E-state index >= 15 is 0 Å². The summed E-state index contributed by atoms with van der Waals surface area (Å²) in [6.07, 6.45) is 2.81. The van der Waals surface area contributed by atoms with Crippen molar-refractivity contribution in [2.75, 3.05) is 10.8 Å². The second-order valence-electron chi connectivity index (χ2n) is 5.69.